The van der Waals surface area contributed by atoms with Gasteiger partial charge in [-0.3, -0.25) is 0 Å². The second-order valence-electron chi connectivity index (χ2n) is 5.24. The quantitative estimate of drug-likeness (QED) is 0.804. The third-order valence-corrected chi connectivity index (χ3v) is 2.54. The van der Waals surface area contributed by atoms with E-state index in [-0.39, 0.29) is 12.1 Å². The van der Waals surface area contributed by atoms with Gasteiger partial charge in [0.05, 0.1) is 12.6 Å². The molecule has 1 amide bonds. The summed E-state index contributed by atoms with van der Waals surface area (Å²) >= 11 is 0. The van der Waals surface area contributed by atoms with E-state index in [2.05, 4.69) is 5.32 Å². The Morgan fingerprint density at radius 3 is 2.71 bits per heavy atom. The molecule has 0 aliphatic carbocycles. The van der Waals surface area contributed by atoms with Crippen molar-refractivity contribution in [1.82, 2.24) is 5.32 Å². The number of alkyl carbamates (subject to hydrolysis) is 1. The van der Waals surface area contributed by atoms with E-state index < -0.39 is 11.7 Å². The minimum absolute atomic E-state index is 0.0441. The summed E-state index contributed by atoms with van der Waals surface area (Å²) in [5, 5.41) is 2.85. The number of hydrogen-bond donors (Lipinski definition) is 1. The lowest BCUT2D eigenvalue weighted by atomic mass is 10.1. The SMILES string of the molecule is COC1COCCCC1NC(=O)OC(C)(C)C. The van der Waals surface area contributed by atoms with Crippen molar-refractivity contribution in [1.29, 1.82) is 0 Å². The number of carbonyl (C=O) groups excluding carboxylic acids is 1. The second-order valence-corrected chi connectivity index (χ2v) is 5.24. The lowest BCUT2D eigenvalue weighted by molar-refractivity contribution is 0.000244. The lowest BCUT2D eigenvalue weighted by Crippen LogP contribution is -2.46. The number of carbonyl (C=O) groups is 1. The second kappa shape index (κ2) is 6.21. The van der Waals surface area contributed by atoms with Gasteiger partial charge in [-0.05, 0) is 33.6 Å². The van der Waals surface area contributed by atoms with Crippen LogP contribution in [-0.2, 0) is 14.2 Å². The maximum Gasteiger partial charge on any atom is 0.407 e. The summed E-state index contributed by atoms with van der Waals surface area (Å²) in [5.41, 5.74) is -0.478. The van der Waals surface area contributed by atoms with Crippen molar-refractivity contribution in [2.45, 2.75) is 51.4 Å². The number of amides is 1. The maximum absolute atomic E-state index is 11.7. The molecule has 17 heavy (non-hydrogen) atoms. The highest BCUT2D eigenvalue weighted by Gasteiger charge is 2.27. The smallest absolute Gasteiger partial charge is 0.407 e. The van der Waals surface area contributed by atoms with Crippen molar-refractivity contribution in [3.63, 3.8) is 0 Å². The van der Waals surface area contributed by atoms with Crippen LogP contribution in [0.2, 0.25) is 0 Å². The largest absolute Gasteiger partial charge is 0.444 e. The van der Waals surface area contributed by atoms with Gasteiger partial charge in [0, 0.05) is 13.7 Å². The highest BCUT2D eigenvalue weighted by molar-refractivity contribution is 5.68. The van der Waals surface area contributed by atoms with Gasteiger partial charge in [0.2, 0.25) is 0 Å². The molecule has 0 aromatic carbocycles. The Hall–Kier alpha value is -0.810. The fourth-order valence-corrected chi connectivity index (χ4v) is 1.76. The predicted molar refractivity (Wildman–Crippen MR) is 64.0 cm³/mol. The van der Waals surface area contributed by atoms with Crippen LogP contribution in [0.25, 0.3) is 0 Å². The molecule has 5 heteroatoms. The third-order valence-electron chi connectivity index (χ3n) is 2.54. The summed E-state index contributed by atoms with van der Waals surface area (Å²) in [6, 6.07) is -0.0441. The van der Waals surface area contributed by atoms with E-state index in [1.54, 1.807) is 7.11 Å². The molecule has 1 aliphatic heterocycles. The Labute approximate surface area is 103 Å². The zero-order valence-electron chi connectivity index (χ0n) is 11.1. The van der Waals surface area contributed by atoms with Gasteiger partial charge < -0.3 is 19.5 Å². The van der Waals surface area contributed by atoms with E-state index in [0.717, 1.165) is 12.8 Å². The van der Waals surface area contributed by atoms with Gasteiger partial charge in [0.25, 0.3) is 0 Å². The Bertz CT molecular complexity index is 249. The molecule has 100 valence electrons. The third kappa shape index (κ3) is 5.37. The van der Waals surface area contributed by atoms with Crippen LogP contribution in [0, 0.1) is 0 Å². The van der Waals surface area contributed by atoms with Gasteiger partial charge >= 0.3 is 6.09 Å². The summed E-state index contributed by atoms with van der Waals surface area (Å²) in [4.78, 5) is 11.7. The zero-order valence-corrected chi connectivity index (χ0v) is 11.1. The van der Waals surface area contributed by atoms with Crippen molar-refractivity contribution >= 4 is 6.09 Å². The summed E-state index contributed by atoms with van der Waals surface area (Å²) in [6.45, 7) is 6.76. The van der Waals surface area contributed by atoms with Gasteiger partial charge in [-0.1, -0.05) is 0 Å². The molecule has 5 nitrogen and oxygen atoms in total. The van der Waals surface area contributed by atoms with Gasteiger partial charge in [-0.25, -0.2) is 4.79 Å². The van der Waals surface area contributed by atoms with Crippen molar-refractivity contribution in [2.75, 3.05) is 20.3 Å². The molecule has 2 atom stereocenters. The molecular weight excluding hydrogens is 222 g/mol. The number of ether oxygens (including phenoxy) is 3. The highest BCUT2D eigenvalue weighted by Crippen LogP contribution is 2.13. The molecule has 1 fully saturated rings. The number of nitrogens with one attached hydrogen (secondary N) is 1. The first-order valence-corrected chi connectivity index (χ1v) is 6.02. The monoisotopic (exact) mass is 245 g/mol. The van der Waals surface area contributed by atoms with Gasteiger partial charge in [-0.15, -0.1) is 0 Å². The van der Waals surface area contributed by atoms with Gasteiger partial charge in [0.1, 0.15) is 11.7 Å². The van der Waals surface area contributed by atoms with Crippen molar-refractivity contribution in [2.24, 2.45) is 0 Å². The standard InChI is InChI=1S/C12H23NO4/c1-12(2,3)17-11(14)13-9-6-5-7-16-8-10(9)15-4/h9-10H,5-8H2,1-4H3,(H,13,14). The maximum atomic E-state index is 11.7. The molecule has 0 aromatic heterocycles. The normalized spacial score (nSPS) is 26.1. The van der Waals surface area contributed by atoms with Crippen LogP contribution in [0.15, 0.2) is 0 Å². The van der Waals surface area contributed by atoms with Crippen LogP contribution < -0.4 is 5.32 Å². The van der Waals surface area contributed by atoms with Crippen LogP contribution in [0.5, 0.6) is 0 Å². The van der Waals surface area contributed by atoms with Crippen LogP contribution >= 0.6 is 0 Å². The molecule has 0 aromatic rings. The van der Waals surface area contributed by atoms with Gasteiger partial charge in [-0.2, -0.15) is 0 Å². The van der Waals surface area contributed by atoms with Crippen LogP contribution in [0.4, 0.5) is 4.79 Å². The Morgan fingerprint density at radius 2 is 2.12 bits per heavy atom. The Balaban J connectivity index is 2.49. The van der Waals surface area contributed by atoms with Crippen LogP contribution in [-0.4, -0.2) is 44.2 Å². The van der Waals surface area contributed by atoms with Crippen molar-refractivity contribution in [3.05, 3.63) is 0 Å². The molecule has 1 N–H and O–H groups in total. The Kier molecular flexibility index (Phi) is 5.21. The number of methoxy groups -OCH3 is 1. The van der Waals surface area contributed by atoms with E-state index in [1.165, 1.54) is 0 Å². The lowest BCUT2D eigenvalue weighted by Gasteiger charge is -2.26. The van der Waals surface area contributed by atoms with Crippen molar-refractivity contribution in [3.8, 4) is 0 Å². The number of hydrogen-bond acceptors (Lipinski definition) is 4. The van der Waals surface area contributed by atoms with E-state index >= 15 is 0 Å². The summed E-state index contributed by atoms with van der Waals surface area (Å²) in [7, 11) is 1.63. The fraction of sp³-hybridized carbons (Fsp3) is 0.917. The summed E-state index contributed by atoms with van der Waals surface area (Å²) in [6.07, 6.45) is 1.26. The molecule has 1 heterocycles. The summed E-state index contributed by atoms with van der Waals surface area (Å²) in [5.74, 6) is 0. The zero-order chi connectivity index (χ0) is 12.9. The number of rotatable bonds is 2. The highest BCUT2D eigenvalue weighted by atomic mass is 16.6. The van der Waals surface area contributed by atoms with Gasteiger partial charge in [0.15, 0.2) is 0 Å². The average molecular weight is 245 g/mol. The van der Waals surface area contributed by atoms with E-state index in [0.29, 0.717) is 13.2 Å². The van der Waals surface area contributed by atoms with E-state index in [4.69, 9.17) is 14.2 Å². The Morgan fingerprint density at radius 1 is 1.41 bits per heavy atom. The van der Waals surface area contributed by atoms with Crippen LogP contribution in [0.3, 0.4) is 0 Å². The first-order valence-electron chi connectivity index (χ1n) is 6.02. The first-order chi connectivity index (χ1) is 7.92. The molecular formula is C12H23NO4. The molecule has 1 rings (SSSR count). The fourth-order valence-electron chi connectivity index (χ4n) is 1.76. The van der Waals surface area contributed by atoms with Crippen LogP contribution in [0.1, 0.15) is 33.6 Å². The topological polar surface area (TPSA) is 56.8 Å². The molecule has 1 saturated heterocycles. The summed E-state index contributed by atoms with van der Waals surface area (Å²) < 4.78 is 15.9. The first kappa shape index (κ1) is 14.3. The molecule has 0 radical (unpaired) electrons. The predicted octanol–water partition coefficient (Wildman–Crippen LogP) is 1.71. The molecule has 2 unspecified atom stereocenters. The van der Waals surface area contributed by atoms with E-state index in [1.807, 2.05) is 20.8 Å². The minimum atomic E-state index is -0.478. The average Bonchev–Trinajstić information content (AvgIpc) is 2.39. The molecule has 0 bridgehead atoms. The van der Waals surface area contributed by atoms with Crippen molar-refractivity contribution < 1.29 is 19.0 Å². The minimum Gasteiger partial charge on any atom is -0.444 e. The van der Waals surface area contributed by atoms with E-state index in [9.17, 15) is 4.79 Å². The molecule has 1 aliphatic rings. The molecule has 0 saturated carbocycles. The molecule has 0 spiro atoms.